The summed E-state index contributed by atoms with van der Waals surface area (Å²) in [6.07, 6.45) is 13.3. The number of aliphatic hydroxyl groups is 3. The molecule has 0 amide bonds. The first kappa shape index (κ1) is 22.1. The Kier molecular flexibility index (Phi) is 26.4. The lowest BCUT2D eigenvalue weighted by Gasteiger charge is -2.00. The topological polar surface area (TPSA) is 72.7 Å². The summed E-state index contributed by atoms with van der Waals surface area (Å²) in [5.41, 5.74) is 0. The molecule has 124 valence electrons. The Morgan fingerprint density at radius 2 is 0.950 bits per heavy atom. The van der Waals surface area contributed by atoms with Crippen LogP contribution in [0.3, 0.4) is 0 Å². The lowest BCUT2D eigenvalue weighted by atomic mass is 10.1. The fourth-order valence-electron chi connectivity index (χ4n) is 1.88. The molecule has 0 aliphatic carbocycles. The van der Waals surface area contributed by atoms with Crippen molar-refractivity contribution in [1.82, 2.24) is 5.32 Å². The minimum Gasteiger partial charge on any atom is -0.396 e. The van der Waals surface area contributed by atoms with E-state index in [-0.39, 0.29) is 13.2 Å². The fourth-order valence-corrected chi connectivity index (χ4v) is 1.88. The van der Waals surface area contributed by atoms with E-state index in [1.54, 1.807) is 0 Å². The Bertz CT molecular complexity index is 132. The molecule has 0 spiro atoms. The lowest BCUT2D eigenvalue weighted by Crippen LogP contribution is -2.21. The minimum absolute atomic E-state index is 0.139. The van der Waals surface area contributed by atoms with Crippen molar-refractivity contribution in [3.63, 3.8) is 0 Å². The van der Waals surface area contributed by atoms with Crippen molar-refractivity contribution in [2.24, 2.45) is 0 Å². The van der Waals surface area contributed by atoms with E-state index in [4.69, 9.17) is 15.3 Å². The molecule has 0 saturated carbocycles. The van der Waals surface area contributed by atoms with Crippen LogP contribution in [0.15, 0.2) is 0 Å². The zero-order chi connectivity index (χ0) is 15.3. The summed E-state index contributed by atoms with van der Waals surface area (Å²) in [7, 11) is 0. The van der Waals surface area contributed by atoms with Crippen molar-refractivity contribution in [2.45, 2.75) is 71.1 Å². The van der Waals surface area contributed by atoms with Gasteiger partial charge < -0.3 is 20.6 Å². The van der Waals surface area contributed by atoms with Crippen molar-refractivity contribution in [2.75, 3.05) is 32.9 Å². The third kappa shape index (κ3) is 26.4. The summed E-state index contributed by atoms with van der Waals surface area (Å²) in [6, 6.07) is 0. The predicted octanol–water partition coefficient (Wildman–Crippen LogP) is 2.46. The van der Waals surface area contributed by atoms with Crippen LogP contribution in [0.2, 0.25) is 0 Å². The van der Waals surface area contributed by atoms with Gasteiger partial charge in [-0.2, -0.15) is 0 Å². The molecular weight excluding hydrogens is 254 g/mol. The predicted molar refractivity (Wildman–Crippen MR) is 86.0 cm³/mol. The lowest BCUT2D eigenvalue weighted by molar-refractivity contribution is 0.266. The smallest absolute Gasteiger partial charge is 0.0555 e. The van der Waals surface area contributed by atoms with Gasteiger partial charge in [0, 0.05) is 19.7 Å². The molecule has 4 heteroatoms. The van der Waals surface area contributed by atoms with Crippen molar-refractivity contribution >= 4 is 0 Å². The van der Waals surface area contributed by atoms with Gasteiger partial charge in [0.05, 0.1) is 13.2 Å². The average molecular weight is 291 g/mol. The molecule has 0 aromatic rings. The normalized spacial score (nSPS) is 10.2. The van der Waals surface area contributed by atoms with Crippen molar-refractivity contribution in [3.8, 4) is 0 Å². The first-order chi connectivity index (χ1) is 9.83. The molecule has 0 bridgehead atoms. The van der Waals surface area contributed by atoms with Crippen molar-refractivity contribution in [3.05, 3.63) is 0 Å². The van der Waals surface area contributed by atoms with Gasteiger partial charge in [0.1, 0.15) is 0 Å². The summed E-state index contributed by atoms with van der Waals surface area (Å²) >= 11 is 0. The Balaban J connectivity index is 0. The number of rotatable bonds is 14. The third-order valence-electron chi connectivity index (χ3n) is 3.09. The molecule has 0 radical (unpaired) electrons. The molecule has 0 unspecified atom stereocenters. The van der Waals surface area contributed by atoms with Gasteiger partial charge in [-0.3, -0.25) is 0 Å². The van der Waals surface area contributed by atoms with Crippen LogP contribution in [0.25, 0.3) is 0 Å². The Morgan fingerprint density at radius 3 is 1.30 bits per heavy atom. The van der Waals surface area contributed by atoms with Crippen LogP contribution in [-0.4, -0.2) is 48.2 Å². The number of hydrogen-bond donors (Lipinski definition) is 4. The van der Waals surface area contributed by atoms with Crippen molar-refractivity contribution in [1.29, 1.82) is 0 Å². The molecule has 0 saturated heterocycles. The summed E-state index contributed by atoms with van der Waals surface area (Å²) in [5.74, 6) is 0. The molecule has 0 aliphatic heterocycles. The third-order valence-corrected chi connectivity index (χ3v) is 3.09. The zero-order valence-electron chi connectivity index (χ0n) is 13.4. The molecule has 4 nitrogen and oxygen atoms in total. The maximum Gasteiger partial charge on any atom is 0.0555 e. The molecular formula is C16H37NO3. The second-order valence-electron chi connectivity index (χ2n) is 5.10. The molecule has 0 aromatic heterocycles. The quantitative estimate of drug-likeness (QED) is 0.371. The van der Waals surface area contributed by atoms with Gasteiger partial charge in [0.25, 0.3) is 0 Å². The Morgan fingerprint density at radius 1 is 0.550 bits per heavy atom. The van der Waals surface area contributed by atoms with E-state index in [9.17, 15) is 0 Å². The Hall–Kier alpha value is -0.160. The summed E-state index contributed by atoms with van der Waals surface area (Å²) < 4.78 is 0. The standard InChI is InChI=1S/C12H26O.C4H11NO2/c1-2-3-4-5-6-7-8-9-10-11-12-13;6-3-1-5-2-4-7/h13H,2-12H2,1H3;5-7H,1-4H2. The molecule has 0 atom stereocenters. The van der Waals surface area contributed by atoms with E-state index >= 15 is 0 Å². The Labute approximate surface area is 125 Å². The maximum atomic E-state index is 8.57. The highest BCUT2D eigenvalue weighted by molar-refractivity contribution is 4.46. The van der Waals surface area contributed by atoms with Crippen LogP contribution in [-0.2, 0) is 0 Å². The van der Waals surface area contributed by atoms with Gasteiger partial charge in [0.2, 0.25) is 0 Å². The average Bonchev–Trinajstić information content (AvgIpc) is 2.47. The highest BCUT2D eigenvalue weighted by atomic mass is 16.3. The van der Waals surface area contributed by atoms with Crippen LogP contribution >= 0.6 is 0 Å². The van der Waals surface area contributed by atoms with E-state index < -0.39 is 0 Å². The molecule has 4 N–H and O–H groups in total. The molecule has 0 heterocycles. The zero-order valence-corrected chi connectivity index (χ0v) is 13.4. The second-order valence-corrected chi connectivity index (χ2v) is 5.10. The van der Waals surface area contributed by atoms with Gasteiger partial charge >= 0.3 is 0 Å². The molecule has 0 rings (SSSR count). The number of hydrogen-bond acceptors (Lipinski definition) is 4. The van der Waals surface area contributed by atoms with Gasteiger partial charge in [0.15, 0.2) is 0 Å². The van der Waals surface area contributed by atoms with E-state index in [1.807, 2.05) is 0 Å². The summed E-state index contributed by atoms with van der Waals surface area (Å²) in [4.78, 5) is 0. The van der Waals surface area contributed by atoms with Crippen LogP contribution in [0.5, 0.6) is 0 Å². The van der Waals surface area contributed by atoms with E-state index in [2.05, 4.69) is 12.2 Å². The number of aliphatic hydroxyl groups excluding tert-OH is 3. The SMILES string of the molecule is CCCCCCCCCCCCO.OCCNCCO. The molecule has 0 fully saturated rings. The fraction of sp³-hybridized carbons (Fsp3) is 1.00. The van der Waals surface area contributed by atoms with Gasteiger partial charge in [-0.1, -0.05) is 64.7 Å². The largest absolute Gasteiger partial charge is 0.396 e. The highest BCUT2D eigenvalue weighted by Crippen LogP contribution is 2.09. The van der Waals surface area contributed by atoms with Crippen LogP contribution in [0.1, 0.15) is 71.1 Å². The molecule has 0 aromatic carbocycles. The summed E-state index contributed by atoms with van der Waals surface area (Å²) in [6.45, 7) is 4.05. The molecule has 20 heavy (non-hydrogen) atoms. The monoisotopic (exact) mass is 291 g/mol. The minimum atomic E-state index is 0.139. The van der Waals surface area contributed by atoms with E-state index in [1.165, 1.54) is 57.8 Å². The van der Waals surface area contributed by atoms with Crippen LogP contribution < -0.4 is 5.32 Å². The van der Waals surface area contributed by atoms with Crippen LogP contribution in [0.4, 0.5) is 0 Å². The highest BCUT2D eigenvalue weighted by Gasteiger charge is 1.91. The van der Waals surface area contributed by atoms with E-state index in [0.29, 0.717) is 19.7 Å². The maximum absolute atomic E-state index is 8.57. The van der Waals surface area contributed by atoms with Crippen molar-refractivity contribution < 1.29 is 15.3 Å². The van der Waals surface area contributed by atoms with Gasteiger partial charge in [-0.25, -0.2) is 0 Å². The second kappa shape index (κ2) is 23.9. The van der Waals surface area contributed by atoms with Crippen LogP contribution in [0, 0.1) is 0 Å². The number of unbranched alkanes of at least 4 members (excludes halogenated alkanes) is 9. The molecule has 0 aliphatic rings. The van der Waals surface area contributed by atoms with E-state index in [0.717, 1.165) is 6.42 Å². The first-order valence-electron chi connectivity index (χ1n) is 8.36. The number of nitrogens with one attached hydrogen (secondary N) is 1. The first-order valence-corrected chi connectivity index (χ1v) is 8.36. The van der Waals surface area contributed by atoms with Gasteiger partial charge in [-0.15, -0.1) is 0 Å². The summed E-state index contributed by atoms with van der Waals surface area (Å²) in [5, 5.41) is 27.6. The van der Waals surface area contributed by atoms with Gasteiger partial charge in [-0.05, 0) is 6.42 Å².